The van der Waals surface area contributed by atoms with Crippen LogP contribution in [0.25, 0.3) is 0 Å². The van der Waals surface area contributed by atoms with E-state index in [2.05, 4.69) is 10.0 Å². The van der Waals surface area contributed by atoms with Crippen molar-refractivity contribution in [3.63, 3.8) is 0 Å². The lowest BCUT2D eigenvalue weighted by atomic mass is 10.2. The Morgan fingerprint density at radius 2 is 1.60 bits per heavy atom. The smallest absolute Gasteiger partial charge is 0.261 e. The fraction of sp³-hybridized carbons (Fsp3) is 0.136. The van der Waals surface area contributed by atoms with Crippen molar-refractivity contribution >= 4 is 38.9 Å². The number of benzene rings is 3. The highest BCUT2D eigenvalue weighted by Crippen LogP contribution is 2.23. The van der Waals surface area contributed by atoms with Crippen LogP contribution in [0.3, 0.4) is 0 Å². The molecule has 0 bridgehead atoms. The third-order valence-electron chi connectivity index (χ3n) is 4.45. The van der Waals surface area contributed by atoms with Crippen molar-refractivity contribution in [2.45, 2.75) is 4.90 Å². The summed E-state index contributed by atoms with van der Waals surface area (Å²) in [5, 5.41) is 3.06. The first-order valence-electron chi connectivity index (χ1n) is 9.28. The van der Waals surface area contributed by atoms with Gasteiger partial charge >= 0.3 is 0 Å². The van der Waals surface area contributed by atoms with Crippen molar-refractivity contribution in [1.29, 1.82) is 0 Å². The highest BCUT2D eigenvalue weighted by atomic mass is 35.5. The Balaban J connectivity index is 1.65. The second-order valence-corrected chi connectivity index (χ2v) is 8.72. The lowest BCUT2D eigenvalue weighted by Gasteiger charge is -2.19. The first kappa shape index (κ1) is 21.7. The van der Waals surface area contributed by atoms with E-state index in [1.165, 1.54) is 30.3 Å². The normalized spacial score (nSPS) is 11.0. The van der Waals surface area contributed by atoms with Crippen LogP contribution in [0.1, 0.15) is 10.4 Å². The molecule has 0 spiro atoms. The van der Waals surface area contributed by atoms with Crippen molar-refractivity contribution in [1.82, 2.24) is 5.32 Å². The van der Waals surface area contributed by atoms with Crippen LogP contribution in [0.5, 0.6) is 0 Å². The summed E-state index contributed by atoms with van der Waals surface area (Å²) < 4.78 is 27.5. The number of nitrogens with zero attached hydrogens (tertiary/aromatic N) is 1. The number of likely N-dealkylation sites (N-methyl/N-ethyl adjacent to an activating group) is 1. The summed E-state index contributed by atoms with van der Waals surface area (Å²) in [6, 6.07) is 22.3. The maximum atomic E-state index is 12.6. The van der Waals surface area contributed by atoms with E-state index in [1.807, 2.05) is 42.3 Å². The number of nitrogens with one attached hydrogen (secondary N) is 2. The van der Waals surface area contributed by atoms with E-state index in [1.54, 1.807) is 18.2 Å². The van der Waals surface area contributed by atoms with Crippen LogP contribution in [0.2, 0.25) is 5.02 Å². The number of hydrogen-bond acceptors (Lipinski definition) is 4. The molecule has 0 unspecified atom stereocenters. The summed E-state index contributed by atoms with van der Waals surface area (Å²) in [5.41, 5.74) is 1.50. The van der Waals surface area contributed by atoms with Crippen molar-refractivity contribution in [2.24, 2.45) is 0 Å². The average Bonchev–Trinajstić information content (AvgIpc) is 2.76. The number of carbonyl (C=O) groups is 1. The SMILES string of the molecule is CN(CCNC(=O)c1cc(NS(=O)(=O)c2ccccc2)ccc1Cl)c1ccccc1. The minimum atomic E-state index is -3.76. The number of sulfonamides is 1. The van der Waals surface area contributed by atoms with Gasteiger partial charge in [0, 0.05) is 31.5 Å². The summed E-state index contributed by atoms with van der Waals surface area (Å²) in [7, 11) is -1.82. The van der Waals surface area contributed by atoms with Crippen LogP contribution >= 0.6 is 11.6 Å². The molecule has 30 heavy (non-hydrogen) atoms. The standard InChI is InChI=1S/C22H22ClN3O3S/c1-26(18-8-4-2-5-9-18)15-14-24-22(27)20-16-17(12-13-21(20)23)25-30(28,29)19-10-6-3-7-11-19/h2-13,16,25H,14-15H2,1H3,(H,24,27). The van der Waals surface area contributed by atoms with E-state index in [9.17, 15) is 13.2 Å². The summed E-state index contributed by atoms with van der Waals surface area (Å²) in [6.07, 6.45) is 0. The molecule has 0 saturated carbocycles. The molecule has 0 atom stereocenters. The van der Waals surface area contributed by atoms with Crippen LogP contribution in [-0.2, 0) is 10.0 Å². The van der Waals surface area contributed by atoms with Crippen LogP contribution in [0, 0.1) is 0 Å². The Bertz CT molecular complexity index is 1110. The highest BCUT2D eigenvalue weighted by molar-refractivity contribution is 7.92. The molecule has 8 heteroatoms. The molecule has 0 aliphatic rings. The van der Waals surface area contributed by atoms with E-state index in [0.717, 1.165) is 5.69 Å². The van der Waals surface area contributed by atoms with Gasteiger partial charge in [-0.05, 0) is 42.5 Å². The summed E-state index contributed by atoms with van der Waals surface area (Å²) in [5.74, 6) is -0.373. The molecule has 0 saturated heterocycles. The molecule has 156 valence electrons. The van der Waals surface area contributed by atoms with Gasteiger partial charge in [-0.15, -0.1) is 0 Å². The Labute approximate surface area is 181 Å². The van der Waals surface area contributed by atoms with Crippen molar-refractivity contribution in [2.75, 3.05) is 29.8 Å². The zero-order chi connectivity index (χ0) is 21.6. The van der Waals surface area contributed by atoms with E-state index in [0.29, 0.717) is 13.1 Å². The molecule has 0 fully saturated rings. The molecule has 1 amide bonds. The van der Waals surface area contributed by atoms with Gasteiger partial charge in [0.05, 0.1) is 15.5 Å². The predicted octanol–water partition coefficient (Wildman–Crippen LogP) is 4.01. The Hall–Kier alpha value is -3.03. The minimum absolute atomic E-state index is 0.134. The molecule has 3 aromatic carbocycles. The molecule has 0 aliphatic carbocycles. The molecule has 3 aromatic rings. The second-order valence-electron chi connectivity index (χ2n) is 6.63. The highest BCUT2D eigenvalue weighted by Gasteiger charge is 2.16. The van der Waals surface area contributed by atoms with Gasteiger partial charge in [-0.3, -0.25) is 9.52 Å². The van der Waals surface area contributed by atoms with Gasteiger partial charge in [-0.1, -0.05) is 48.0 Å². The number of rotatable bonds is 8. The van der Waals surface area contributed by atoms with E-state index in [-0.39, 0.29) is 27.1 Å². The van der Waals surface area contributed by atoms with Crippen molar-refractivity contribution in [3.8, 4) is 0 Å². The summed E-state index contributed by atoms with van der Waals surface area (Å²) >= 11 is 6.17. The topological polar surface area (TPSA) is 78.5 Å². The third kappa shape index (κ3) is 5.52. The fourth-order valence-corrected chi connectivity index (χ4v) is 4.09. The second kappa shape index (κ2) is 9.65. The minimum Gasteiger partial charge on any atom is -0.373 e. The van der Waals surface area contributed by atoms with E-state index < -0.39 is 10.0 Å². The number of anilines is 2. The number of para-hydroxylation sites is 1. The molecule has 0 aromatic heterocycles. The first-order chi connectivity index (χ1) is 14.4. The maximum Gasteiger partial charge on any atom is 0.261 e. The van der Waals surface area contributed by atoms with Gasteiger partial charge in [-0.2, -0.15) is 0 Å². The number of carbonyl (C=O) groups excluding carboxylic acids is 1. The van der Waals surface area contributed by atoms with E-state index >= 15 is 0 Å². The van der Waals surface area contributed by atoms with Crippen LogP contribution in [0.15, 0.2) is 83.8 Å². The number of halogens is 1. The molecule has 0 aliphatic heterocycles. The van der Waals surface area contributed by atoms with Gasteiger partial charge in [0.15, 0.2) is 0 Å². The Morgan fingerprint density at radius 1 is 0.967 bits per heavy atom. The van der Waals surface area contributed by atoms with Crippen LogP contribution in [-0.4, -0.2) is 34.5 Å². The summed E-state index contributed by atoms with van der Waals surface area (Å²) in [6.45, 7) is 1.01. The van der Waals surface area contributed by atoms with Gasteiger partial charge < -0.3 is 10.2 Å². The largest absolute Gasteiger partial charge is 0.373 e. The third-order valence-corrected chi connectivity index (χ3v) is 6.17. The molecular weight excluding hydrogens is 422 g/mol. The number of amides is 1. The van der Waals surface area contributed by atoms with Crippen LogP contribution in [0.4, 0.5) is 11.4 Å². The molecule has 0 radical (unpaired) electrons. The quantitative estimate of drug-likeness (QED) is 0.551. The van der Waals surface area contributed by atoms with Gasteiger partial charge in [0.25, 0.3) is 15.9 Å². The Kier molecular flexibility index (Phi) is 6.97. The average molecular weight is 444 g/mol. The number of hydrogen-bond donors (Lipinski definition) is 2. The van der Waals surface area contributed by atoms with Crippen LogP contribution < -0.4 is 14.9 Å². The molecular formula is C22H22ClN3O3S. The Morgan fingerprint density at radius 3 is 2.27 bits per heavy atom. The van der Waals surface area contributed by atoms with Gasteiger partial charge in [0.2, 0.25) is 0 Å². The van der Waals surface area contributed by atoms with Gasteiger partial charge in [0.1, 0.15) is 0 Å². The lowest BCUT2D eigenvalue weighted by molar-refractivity contribution is 0.0955. The molecule has 3 rings (SSSR count). The molecule has 0 heterocycles. The van der Waals surface area contributed by atoms with Crippen molar-refractivity contribution in [3.05, 3.63) is 89.4 Å². The zero-order valence-corrected chi connectivity index (χ0v) is 18.0. The van der Waals surface area contributed by atoms with Crippen molar-refractivity contribution < 1.29 is 13.2 Å². The zero-order valence-electron chi connectivity index (χ0n) is 16.4. The lowest BCUT2D eigenvalue weighted by Crippen LogP contribution is -2.33. The van der Waals surface area contributed by atoms with E-state index in [4.69, 9.17) is 11.6 Å². The molecule has 6 nitrogen and oxygen atoms in total. The van der Waals surface area contributed by atoms with Gasteiger partial charge in [-0.25, -0.2) is 8.42 Å². The maximum absolute atomic E-state index is 12.6. The fourth-order valence-electron chi connectivity index (χ4n) is 2.82. The monoisotopic (exact) mass is 443 g/mol. The first-order valence-corrected chi connectivity index (χ1v) is 11.1. The summed E-state index contributed by atoms with van der Waals surface area (Å²) in [4.78, 5) is 14.7. The predicted molar refractivity (Wildman–Crippen MR) is 121 cm³/mol. The molecule has 2 N–H and O–H groups in total.